The highest BCUT2D eigenvalue weighted by Crippen LogP contribution is 2.31. The van der Waals surface area contributed by atoms with E-state index in [1.165, 1.54) is 12.8 Å². The molecule has 2 aliphatic rings. The Morgan fingerprint density at radius 3 is 2.86 bits per heavy atom. The SMILES string of the molecule is CNCC1CCN(C(=O)c2ccccc2OCC2CC2)C1. The van der Waals surface area contributed by atoms with Crippen molar-refractivity contribution in [2.24, 2.45) is 11.8 Å². The summed E-state index contributed by atoms with van der Waals surface area (Å²) in [4.78, 5) is 14.7. The number of para-hydroxylation sites is 1. The molecule has 2 fully saturated rings. The van der Waals surface area contributed by atoms with Crippen molar-refractivity contribution < 1.29 is 9.53 Å². The number of nitrogens with zero attached hydrogens (tertiary/aromatic N) is 1. The van der Waals surface area contributed by atoms with E-state index in [2.05, 4.69) is 5.32 Å². The van der Waals surface area contributed by atoms with Crippen LogP contribution in [0, 0.1) is 11.8 Å². The van der Waals surface area contributed by atoms with Crippen molar-refractivity contribution in [1.82, 2.24) is 10.2 Å². The molecule has 3 rings (SSSR count). The number of hydrogen-bond acceptors (Lipinski definition) is 3. The number of hydrogen-bond donors (Lipinski definition) is 1. The van der Waals surface area contributed by atoms with E-state index >= 15 is 0 Å². The van der Waals surface area contributed by atoms with Crippen molar-refractivity contribution in [3.8, 4) is 5.75 Å². The van der Waals surface area contributed by atoms with E-state index in [1.54, 1.807) is 0 Å². The van der Waals surface area contributed by atoms with Gasteiger partial charge in [-0.3, -0.25) is 4.79 Å². The second kappa shape index (κ2) is 6.48. The molecule has 1 N–H and O–H groups in total. The minimum atomic E-state index is 0.111. The lowest BCUT2D eigenvalue weighted by Gasteiger charge is -2.18. The third kappa shape index (κ3) is 3.56. The van der Waals surface area contributed by atoms with Crippen molar-refractivity contribution in [3.05, 3.63) is 29.8 Å². The van der Waals surface area contributed by atoms with E-state index in [9.17, 15) is 4.79 Å². The molecule has 0 spiro atoms. The van der Waals surface area contributed by atoms with Crippen LogP contribution in [0.2, 0.25) is 0 Å². The second-order valence-electron chi connectivity index (χ2n) is 6.21. The first-order chi connectivity index (χ1) is 10.3. The van der Waals surface area contributed by atoms with Crippen LogP contribution in [0.4, 0.5) is 0 Å². The van der Waals surface area contributed by atoms with Gasteiger partial charge < -0.3 is 15.0 Å². The maximum atomic E-state index is 12.7. The average Bonchev–Trinajstić information content (AvgIpc) is 3.23. The Bertz CT molecular complexity index is 499. The number of ether oxygens (including phenoxy) is 1. The van der Waals surface area contributed by atoms with Gasteiger partial charge >= 0.3 is 0 Å². The molecule has 0 aromatic heterocycles. The number of rotatable bonds is 6. The quantitative estimate of drug-likeness (QED) is 0.872. The normalized spacial score (nSPS) is 21.6. The fraction of sp³-hybridized carbons (Fsp3) is 0.588. The summed E-state index contributed by atoms with van der Waals surface area (Å²) in [6.45, 7) is 3.41. The van der Waals surface area contributed by atoms with Crippen LogP contribution in [0.1, 0.15) is 29.6 Å². The Kier molecular flexibility index (Phi) is 4.44. The van der Waals surface area contributed by atoms with Crippen LogP contribution in [0.25, 0.3) is 0 Å². The third-order valence-corrected chi connectivity index (χ3v) is 4.35. The molecule has 1 aromatic carbocycles. The Hall–Kier alpha value is -1.55. The zero-order chi connectivity index (χ0) is 14.7. The van der Waals surface area contributed by atoms with Crippen molar-refractivity contribution in [2.45, 2.75) is 19.3 Å². The number of carbonyl (C=O) groups excluding carboxylic acids is 1. The maximum absolute atomic E-state index is 12.7. The molecule has 4 nitrogen and oxygen atoms in total. The van der Waals surface area contributed by atoms with Gasteiger partial charge in [-0.15, -0.1) is 0 Å². The van der Waals surface area contributed by atoms with E-state index in [4.69, 9.17) is 4.74 Å². The molecule has 1 amide bonds. The average molecular weight is 288 g/mol. The molecular formula is C17H24N2O2. The molecule has 1 heterocycles. The van der Waals surface area contributed by atoms with Gasteiger partial charge in [-0.2, -0.15) is 0 Å². The number of carbonyl (C=O) groups is 1. The van der Waals surface area contributed by atoms with Crippen LogP contribution in [0.3, 0.4) is 0 Å². The smallest absolute Gasteiger partial charge is 0.257 e. The molecule has 1 saturated carbocycles. The van der Waals surface area contributed by atoms with E-state index in [0.717, 1.165) is 38.4 Å². The van der Waals surface area contributed by atoms with Gasteiger partial charge in [0.25, 0.3) is 5.91 Å². The summed E-state index contributed by atoms with van der Waals surface area (Å²) in [6.07, 6.45) is 3.60. The minimum Gasteiger partial charge on any atom is -0.492 e. The van der Waals surface area contributed by atoms with E-state index in [-0.39, 0.29) is 5.91 Å². The van der Waals surface area contributed by atoms with Gasteiger partial charge in [-0.05, 0) is 56.8 Å². The summed E-state index contributed by atoms with van der Waals surface area (Å²) >= 11 is 0. The van der Waals surface area contributed by atoms with Crippen molar-refractivity contribution in [3.63, 3.8) is 0 Å². The van der Waals surface area contributed by atoms with Crippen molar-refractivity contribution in [1.29, 1.82) is 0 Å². The monoisotopic (exact) mass is 288 g/mol. The standard InChI is InChI=1S/C17H24N2O2/c1-18-10-14-8-9-19(11-14)17(20)15-4-2-3-5-16(15)21-12-13-6-7-13/h2-5,13-14,18H,6-12H2,1H3. The van der Waals surface area contributed by atoms with Crippen molar-refractivity contribution >= 4 is 5.91 Å². The van der Waals surface area contributed by atoms with Crippen LogP contribution in [-0.2, 0) is 0 Å². The summed E-state index contributed by atoms with van der Waals surface area (Å²) in [6, 6.07) is 7.65. The number of nitrogens with one attached hydrogen (secondary N) is 1. The topological polar surface area (TPSA) is 41.6 Å². The molecule has 4 heteroatoms. The maximum Gasteiger partial charge on any atom is 0.257 e. The lowest BCUT2D eigenvalue weighted by molar-refractivity contribution is 0.0782. The molecule has 0 radical (unpaired) electrons. The van der Waals surface area contributed by atoms with Gasteiger partial charge in [-0.1, -0.05) is 12.1 Å². The molecule has 1 aliphatic carbocycles. The van der Waals surface area contributed by atoms with E-state index in [0.29, 0.717) is 17.4 Å². The van der Waals surface area contributed by atoms with Crippen molar-refractivity contribution in [2.75, 3.05) is 33.3 Å². The fourth-order valence-electron chi connectivity index (χ4n) is 2.90. The van der Waals surface area contributed by atoms with Gasteiger partial charge in [0.15, 0.2) is 0 Å². The van der Waals surface area contributed by atoms with Gasteiger partial charge in [0, 0.05) is 13.1 Å². The Labute approximate surface area is 126 Å². The van der Waals surface area contributed by atoms with Gasteiger partial charge in [0.2, 0.25) is 0 Å². The van der Waals surface area contributed by atoms with Crippen LogP contribution in [0.5, 0.6) is 5.75 Å². The zero-order valence-corrected chi connectivity index (χ0v) is 12.7. The molecule has 114 valence electrons. The Balaban J connectivity index is 1.66. The van der Waals surface area contributed by atoms with E-state index in [1.807, 2.05) is 36.2 Å². The van der Waals surface area contributed by atoms with Crippen LogP contribution >= 0.6 is 0 Å². The summed E-state index contributed by atoms with van der Waals surface area (Å²) in [5.74, 6) is 2.12. The highest BCUT2D eigenvalue weighted by Gasteiger charge is 2.28. The molecular weight excluding hydrogens is 264 g/mol. The first-order valence-electron chi connectivity index (χ1n) is 7.93. The van der Waals surface area contributed by atoms with Crippen LogP contribution < -0.4 is 10.1 Å². The predicted molar refractivity (Wildman–Crippen MR) is 82.6 cm³/mol. The largest absolute Gasteiger partial charge is 0.492 e. The number of amides is 1. The summed E-state index contributed by atoms with van der Waals surface area (Å²) in [7, 11) is 1.96. The fourth-order valence-corrected chi connectivity index (χ4v) is 2.90. The first kappa shape index (κ1) is 14.4. The highest BCUT2D eigenvalue weighted by atomic mass is 16.5. The molecule has 1 atom stereocenters. The molecule has 21 heavy (non-hydrogen) atoms. The molecule has 1 unspecified atom stereocenters. The summed E-state index contributed by atoms with van der Waals surface area (Å²) in [5, 5.41) is 3.20. The van der Waals surface area contributed by atoms with E-state index < -0.39 is 0 Å². The molecule has 1 aliphatic heterocycles. The minimum absolute atomic E-state index is 0.111. The van der Waals surface area contributed by atoms with Gasteiger partial charge in [-0.25, -0.2) is 0 Å². The molecule has 0 bridgehead atoms. The van der Waals surface area contributed by atoms with Crippen LogP contribution in [-0.4, -0.2) is 44.1 Å². The number of benzene rings is 1. The Morgan fingerprint density at radius 1 is 1.29 bits per heavy atom. The predicted octanol–water partition coefficient (Wildman–Crippen LogP) is 2.16. The summed E-state index contributed by atoms with van der Waals surface area (Å²) in [5.41, 5.74) is 0.711. The Morgan fingerprint density at radius 2 is 2.10 bits per heavy atom. The lowest BCUT2D eigenvalue weighted by atomic mass is 10.1. The first-order valence-corrected chi connectivity index (χ1v) is 7.93. The van der Waals surface area contributed by atoms with Crippen LogP contribution in [0.15, 0.2) is 24.3 Å². The second-order valence-corrected chi connectivity index (χ2v) is 6.21. The molecule has 1 aromatic rings. The number of likely N-dealkylation sites (tertiary alicyclic amines) is 1. The highest BCUT2D eigenvalue weighted by molar-refractivity contribution is 5.97. The summed E-state index contributed by atoms with van der Waals surface area (Å²) < 4.78 is 5.86. The third-order valence-electron chi connectivity index (χ3n) is 4.35. The zero-order valence-electron chi connectivity index (χ0n) is 12.7. The van der Waals surface area contributed by atoms with Gasteiger partial charge in [0.05, 0.1) is 12.2 Å². The van der Waals surface area contributed by atoms with Gasteiger partial charge in [0.1, 0.15) is 5.75 Å². The lowest BCUT2D eigenvalue weighted by Crippen LogP contribution is -2.30. The molecule has 1 saturated heterocycles.